The number of benzene rings is 1. The summed E-state index contributed by atoms with van der Waals surface area (Å²) in [7, 11) is -2.88. The maximum atomic E-state index is 13.6. The highest BCUT2D eigenvalue weighted by atomic mass is 31.2. The van der Waals surface area contributed by atoms with E-state index in [9.17, 15) is 9.36 Å². The molecule has 136 valence electrons. The zero-order chi connectivity index (χ0) is 18.7. The molecule has 2 nitrogen and oxygen atoms in total. The Labute approximate surface area is 148 Å². The second-order valence-corrected chi connectivity index (χ2v) is 11.7. The fourth-order valence-electron chi connectivity index (χ4n) is 3.97. The first-order chi connectivity index (χ1) is 10.9. The Balaban J connectivity index is 3.19. The lowest BCUT2D eigenvalue weighted by molar-refractivity contribution is 0.107. The molecule has 1 aromatic rings. The summed E-state index contributed by atoms with van der Waals surface area (Å²) >= 11 is 0. The van der Waals surface area contributed by atoms with Crippen molar-refractivity contribution in [2.45, 2.75) is 68.2 Å². The van der Waals surface area contributed by atoms with Crippen molar-refractivity contribution < 1.29 is 9.36 Å². The molecular formula is C21H35O2P. The standard InChI is InChI=1S/C21H35O2P/c1-9-10-24(23,14-16(3)13-21(6,7)8)20(22)19-17(4)11-15(2)12-18(19)5/h11-12,16H,9-10,13-14H2,1-8H3. The van der Waals surface area contributed by atoms with Gasteiger partial charge in [0.25, 0.3) is 0 Å². The third-order valence-corrected chi connectivity index (χ3v) is 7.76. The molecule has 0 radical (unpaired) electrons. The van der Waals surface area contributed by atoms with Gasteiger partial charge in [-0.15, -0.1) is 0 Å². The van der Waals surface area contributed by atoms with E-state index in [2.05, 4.69) is 27.7 Å². The van der Waals surface area contributed by atoms with Crippen molar-refractivity contribution in [3.63, 3.8) is 0 Å². The van der Waals surface area contributed by atoms with Gasteiger partial charge in [-0.1, -0.05) is 52.3 Å². The van der Waals surface area contributed by atoms with Gasteiger partial charge < -0.3 is 4.57 Å². The van der Waals surface area contributed by atoms with Crippen molar-refractivity contribution in [3.8, 4) is 0 Å². The Kier molecular flexibility index (Phi) is 7.05. The first-order valence-corrected chi connectivity index (χ1v) is 11.2. The van der Waals surface area contributed by atoms with E-state index >= 15 is 0 Å². The van der Waals surface area contributed by atoms with Crippen LogP contribution in [0.5, 0.6) is 0 Å². The van der Waals surface area contributed by atoms with Crippen LogP contribution in [0.1, 0.15) is 74.5 Å². The zero-order valence-corrected chi connectivity index (χ0v) is 17.7. The second kappa shape index (κ2) is 8.00. The fraction of sp³-hybridized carbons (Fsp3) is 0.667. The SMILES string of the molecule is CCCP(=O)(CC(C)CC(C)(C)C)C(=O)c1c(C)cc(C)cc1C. The quantitative estimate of drug-likeness (QED) is 0.519. The number of carbonyl (C=O) groups is 1. The lowest BCUT2D eigenvalue weighted by atomic mass is 9.86. The number of carbonyl (C=O) groups excluding carboxylic acids is 1. The molecule has 1 rings (SSSR count). The van der Waals surface area contributed by atoms with E-state index in [0.717, 1.165) is 29.5 Å². The monoisotopic (exact) mass is 350 g/mol. The molecule has 2 unspecified atom stereocenters. The zero-order valence-electron chi connectivity index (χ0n) is 16.8. The molecule has 1 aromatic carbocycles. The predicted octanol–water partition coefficient (Wildman–Crippen LogP) is 6.60. The Morgan fingerprint density at radius 3 is 2.04 bits per heavy atom. The normalized spacial score (nSPS) is 15.8. The topological polar surface area (TPSA) is 34.1 Å². The first kappa shape index (κ1) is 21.2. The Morgan fingerprint density at radius 2 is 1.62 bits per heavy atom. The van der Waals surface area contributed by atoms with Crippen molar-refractivity contribution in [1.29, 1.82) is 0 Å². The summed E-state index contributed by atoms with van der Waals surface area (Å²) in [5.74, 6) is 0.289. The Morgan fingerprint density at radius 1 is 1.12 bits per heavy atom. The fourth-order valence-corrected chi connectivity index (χ4v) is 7.14. The average Bonchev–Trinajstić information content (AvgIpc) is 2.34. The smallest absolute Gasteiger partial charge is 0.221 e. The van der Waals surface area contributed by atoms with E-state index < -0.39 is 7.14 Å². The van der Waals surface area contributed by atoms with Crippen LogP contribution in [0.3, 0.4) is 0 Å². The average molecular weight is 350 g/mol. The first-order valence-electron chi connectivity index (χ1n) is 9.10. The van der Waals surface area contributed by atoms with Gasteiger partial charge in [0.1, 0.15) is 0 Å². The highest BCUT2D eigenvalue weighted by Gasteiger charge is 2.35. The predicted molar refractivity (Wildman–Crippen MR) is 106 cm³/mol. The summed E-state index contributed by atoms with van der Waals surface area (Å²) in [5, 5.41) is 0. The third-order valence-electron chi connectivity index (χ3n) is 4.41. The van der Waals surface area contributed by atoms with Crippen LogP contribution in [0.4, 0.5) is 0 Å². The molecule has 24 heavy (non-hydrogen) atoms. The summed E-state index contributed by atoms with van der Waals surface area (Å²) in [6.45, 7) is 16.7. The van der Waals surface area contributed by atoms with Gasteiger partial charge in [-0.25, -0.2) is 0 Å². The summed E-state index contributed by atoms with van der Waals surface area (Å²) < 4.78 is 13.6. The molecule has 0 saturated heterocycles. The maximum Gasteiger partial charge on any atom is 0.221 e. The van der Waals surface area contributed by atoms with Gasteiger partial charge in [-0.05, 0) is 56.1 Å². The summed E-state index contributed by atoms with van der Waals surface area (Å²) in [6, 6.07) is 4.05. The van der Waals surface area contributed by atoms with Crippen LogP contribution < -0.4 is 0 Å². The highest BCUT2D eigenvalue weighted by molar-refractivity contribution is 7.81. The molecule has 0 aliphatic heterocycles. The van der Waals surface area contributed by atoms with Crippen molar-refractivity contribution in [1.82, 2.24) is 0 Å². The Hall–Kier alpha value is -0.880. The molecule has 2 atom stereocenters. The molecule has 3 heteroatoms. The van der Waals surface area contributed by atoms with Gasteiger partial charge in [0.05, 0.1) is 0 Å². The van der Waals surface area contributed by atoms with E-state index in [0.29, 0.717) is 17.9 Å². The minimum absolute atomic E-state index is 0.0971. The minimum Gasteiger partial charge on any atom is -0.315 e. The van der Waals surface area contributed by atoms with E-state index in [1.54, 1.807) is 0 Å². The van der Waals surface area contributed by atoms with Crippen LogP contribution in [0.25, 0.3) is 0 Å². The van der Waals surface area contributed by atoms with Crippen LogP contribution in [-0.4, -0.2) is 17.8 Å². The summed E-state index contributed by atoms with van der Waals surface area (Å²) in [4.78, 5) is 13.2. The number of hydrogen-bond acceptors (Lipinski definition) is 2. The minimum atomic E-state index is -2.88. The van der Waals surface area contributed by atoms with Crippen LogP contribution in [0, 0.1) is 32.1 Å². The Bertz CT molecular complexity index is 615. The maximum absolute atomic E-state index is 13.6. The molecule has 0 amide bonds. The van der Waals surface area contributed by atoms with Gasteiger partial charge in [-0.2, -0.15) is 0 Å². The highest BCUT2D eigenvalue weighted by Crippen LogP contribution is 2.52. The number of hydrogen-bond donors (Lipinski definition) is 0. The molecule has 0 spiro atoms. The van der Waals surface area contributed by atoms with Gasteiger partial charge >= 0.3 is 0 Å². The van der Waals surface area contributed by atoms with E-state index in [4.69, 9.17) is 0 Å². The lowest BCUT2D eigenvalue weighted by Gasteiger charge is -2.27. The van der Waals surface area contributed by atoms with Gasteiger partial charge in [-0.3, -0.25) is 4.79 Å². The summed E-state index contributed by atoms with van der Waals surface area (Å²) in [6.07, 6.45) is 2.83. The van der Waals surface area contributed by atoms with E-state index in [1.165, 1.54) is 0 Å². The van der Waals surface area contributed by atoms with Crippen LogP contribution in [0.15, 0.2) is 12.1 Å². The van der Waals surface area contributed by atoms with Crippen molar-refractivity contribution in [2.24, 2.45) is 11.3 Å². The van der Waals surface area contributed by atoms with Gasteiger partial charge in [0.15, 0.2) is 7.14 Å². The number of aryl methyl sites for hydroxylation is 3. The third kappa shape index (κ3) is 5.59. The van der Waals surface area contributed by atoms with E-state index in [1.807, 2.05) is 39.8 Å². The molecule has 0 bridgehead atoms. The molecule has 0 aliphatic rings. The van der Waals surface area contributed by atoms with Crippen LogP contribution >= 0.6 is 7.14 Å². The van der Waals surface area contributed by atoms with Crippen molar-refractivity contribution in [3.05, 3.63) is 34.4 Å². The van der Waals surface area contributed by atoms with E-state index in [-0.39, 0.29) is 16.9 Å². The summed E-state index contributed by atoms with van der Waals surface area (Å²) in [5.41, 5.74) is 3.85. The van der Waals surface area contributed by atoms with Crippen LogP contribution in [-0.2, 0) is 4.57 Å². The molecule has 0 aliphatic carbocycles. The van der Waals surface area contributed by atoms with Gasteiger partial charge in [0.2, 0.25) is 5.52 Å². The van der Waals surface area contributed by atoms with Crippen molar-refractivity contribution >= 4 is 12.7 Å². The lowest BCUT2D eigenvalue weighted by Crippen LogP contribution is -2.18. The molecule has 0 aromatic heterocycles. The van der Waals surface area contributed by atoms with Crippen molar-refractivity contribution in [2.75, 3.05) is 12.3 Å². The largest absolute Gasteiger partial charge is 0.315 e. The molecule has 0 N–H and O–H groups in total. The number of rotatable bonds is 7. The molecule has 0 saturated carbocycles. The molecule has 0 fully saturated rings. The van der Waals surface area contributed by atoms with Crippen LogP contribution in [0.2, 0.25) is 0 Å². The molecule has 0 heterocycles. The van der Waals surface area contributed by atoms with Gasteiger partial charge in [0, 0.05) is 17.9 Å². The molecular weight excluding hydrogens is 315 g/mol. The second-order valence-electron chi connectivity index (χ2n) is 8.74.